The number of rotatable bonds is 4. The van der Waals surface area contributed by atoms with Gasteiger partial charge in [0.15, 0.2) is 5.82 Å². The van der Waals surface area contributed by atoms with Crippen molar-refractivity contribution < 1.29 is 13.2 Å². The summed E-state index contributed by atoms with van der Waals surface area (Å²) >= 11 is 0. The Morgan fingerprint density at radius 1 is 0.800 bits per heavy atom. The first kappa shape index (κ1) is 23.0. The van der Waals surface area contributed by atoms with Gasteiger partial charge in [0.25, 0.3) is 0 Å². The third-order valence-corrected chi connectivity index (χ3v) is 6.48. The van der Waals surface area contributed by atoms with Crippen molar-refractivity contribution in [1.29, 1.82) is 0 Å². The number of pyridine rings is 1. The predicted octanol–water partition coefficient (Wildman–Crippen LogP) is 4.89. The second-order valence-electron chi connectivity index (χ2n) is 8.94. The van der Waals surface area contributed by atoms with Gasteiger partial charge in [-0.2, -0.15) is 9.37 Å². The molecule has 2 aromatic heterocycles. The first-order valence-corrected chi connectivity index (χ1v) is 11.5. The highest BCUT2D eigenvalue weighted by molar-refractivity contribution is 5.88. The fraction of sp³-hybridized carbons (Fsp3) is 0.269. The van der Waals surface area contributed by atoms with Crippen LogP contribution in [0.3, 0.4) is 0 Å². The molecule has 0 saturated carbocycles. The topological polar surface area (TPSA) is 71.2 Å². The summed E-state index contributed by atoms with van der Waals surface area (Å²) in [5.74, 6) is -2.40. The number of hydrogen-bond donors (Lipinski definition) is 1. The Morgan fingerprint density at radius 3 is 2.20 bits per heavy atom. The van der Waals surface area contributed by atoms with Crippen LogP contribution in [-0.2, 0) is 0 Å². The molecule has 5 rings (SSSR count). The van der Waals surface area contributed by atoms with Gasteiger partial charge in [-0.1, -0.05) is 12.1 Å². The molecule has 0 radical (unpaired) electrons. The molecule has 4 aromatic rings. The lowest BCUT2D eigenvalue weighted by Crippen LogP contribution is -2.48. The number of anilines is 2. The quantitative estimate of drug-likeness (QED) is 0.451. The maximum absolute atomic E-state index is 14.8. The van der Waals surface area contributed by atoms with Crippen LogP contribution in [0.15, 0.2) is 48.8 Å². The molecule has 0 spiro atoms. The van der Waals surface area contributed by atoms with Gasteiger partial charge in [-0.05, 0) is 38.1 Å². The van der Waals surface area contributed by atoms with Crippen molar-refractivity contribution in [1.82, 2.24) is 19.9 Å². The normalized spacial score (nSPS) is 14.7. The van der Waals surface area contributed by atoms with Crippen LogP contribution in [0.4, 0.5) is 24.7 Å². The number of halogens is 3. The van der Waals surface area contributed by atoms with Crippen LogP contribution >= 0.6 is 0 Å². The van der Waals surface area contributed by atoms with E-state index in [2.05, 4.69) is 38.6 Å². The third kappa shape index (κ3) is 4.39. The van der Waals surface area contributed by atoms with Gasteiger partial charge in [-0.25, -0.2) is 13.8 Å². The molecule has 6 nitrogen and oxygen atoms in total. The van der Waals surface area contributed by atoms with E-state index < -0.39 is 17.6 Å². The van der Waals surface area contributed by atoms with E-state index in [1.807, 2.05) is 12.1 Å². The maximum Gasteiger partial charge on any atom is 0.241 e. The summed E-state index contributed by atoms with van der Waals surface area (Å²) in [6.45, 7) is 8.19. The Morgan fingerprint density at radius 2 is 1.51 bits per heavy atom. The van der Waals surface area contributed by atoms with Crippen LogP contribution in [-0.4, -0.2) is 52.1 Å². The van der Waals surface area contributed by atoms with E-state index >= 15 is 0 Å². The molecule has 9 heteroatoms. The van der Waals surface area contributed by atoms with Crippen molar-refractivity contribution >= 4 is 22.3 Å². The Kier molecular flexibility index (Phi) is 6.02. The van der Waals surface area contributed by atoms with E-state index in [-0.39, 0.29) is 33.5 Å². The lowest BCUT2D eigenvalue weighted by Gasteiger charge is -2.38. The van der Waals surface area contributed by atoms with Crippen molar-refractivity contribution in [2.24, 2.45) is 0 Å². The van der Waals surface area contributed by atoms with E-state index in [1.165, 1.54) is 18.3 Å². The number of piperazine rings is 1. The van der Waals surface area contributed by atoms with Crippen molar-refractivity contribution in [3.63, 3.8) is 0 Å². The van der Waals surface area contributed by atoms with E-state index in [4.69, 9.17) is 5.73 Å². The van der Waals surface area contributed by atoms with Gasteiger partial charge < -0.3 is 10.6 Å². The van der Waals surface area contributed by atoms with Crippen LogP contribution < -0.4 is 10.6 Å². The maximum atomic E-state index is 14.8. The van der Waals surface area contributed by atoms with Crippen LogP contribution in [0.25, 0.3) is 33.3 Å². The lowest BCUT2D eigenvalue weighted by molar-refractivity contribution is 0.209. The predicted molar refractivity (Wildman–Crippen MR) is 131 cm³/mol. The Labute approximate surface area is 201 Å². The third-order valence-electron chi connectivity index (χ3n) is 6.48. The van der Waals surface area contributed by atoms with Gasteiger partial charge in [0.2, 0.25) is 5.95 Å². The first-order valence-electron chi connectivity index (χ1n) is 11.5. The minimum atomic E-state index is -0.832. The second-order valence-corrected chi connectivity index (χ2v) is 8.94. The van der Waals surface area contributed by atoms with E-state index in [0.29, 0.717) is 11.6 Å². The molecule has 2 N–H and O–H groups in total. The molecule has 1 aliphatic rings. The molecule has 2 aromatic carbocycles. The fourth-order valence-electron chi connectivity index (χ4n) is 4.48. The second kappa shape index (κ2) is 9.14. The molecule has 0 aliphatic carbocycles. The molecule has 0 unspecified atom stereocenters. The van der Waals surface area contributed by atoms with Gasteiger partial charge in [0.05, 0.1) is 6.20 Å². The largest absolute Gasteiger partial charge is 0.382 e. The minimum absolute atomic E-state index is 0.0129. The zero-order valence-electron chi connectivity index (χ0n) is 19.5. The zero-order valence-corrected chi connectivity index (χ0v) is 19.5. The average Bonchev–Trinajstić information content (AvgIpc) is 2.85. The summed E-state index contributed by atoms with van der Waals surface area (Å²) in [5, 5.41) is 0.0661. The van der Waals surface area contributed by atoms with Gasteiger partial charge in [-0.15, -0.1) is 0 Å². The summed E-state index contributed by atoms with van der Waals surface area (Å²) in [5.41, 5.74) is 7.75. The van der Waals surface area contributed by atoms with Gasteiger partial charge >= 0.3 is 0 Å². The van der Waals surface area contributed by atoms with Crippen molar-refractivity contribution in [2.75, 3.05) is 36.8 Å². The minimum Gasteiger partial charge on any atom is -0.382 e. The molecule has 0 bridgehead atoms. The number of nitrogens with two attached hydrogens (primary N) is 1. The van der Waals surface area contributed by atoms with Crippen LogP contribution in [0.5, 0.6) is 0 Å². The summed E-state index contributed by atoms with van der Waals surface area (Å²) < 4.78 is 43.7. The van der Waals surface area contributed by atoms with Crippen molar-refractivity contribution in [2.45, 2.75) is 19.9 Å². The van der Waals surface area contributed by atoms with Crippen molar-refractivity contribution in [3.8, 4) is 22.5 Å². The van der Waals surface area contributed by atoms with Crippen LogP contribution in [0.1, 0.15) is 13.8 Å². The zero-order chi connectivity index (χ0) is 24.7. The number of nitrogen functional groups attached to an aromatic ring is 1. The standard InChI is InChI=1S/C26H25F3N6/c1-15(2)34-7-9-35(10-8-34)18-5-3-16(4-6-18)23-25(29)33-26(30)24(32-23)17-11-19-20(21(27)12-17)13-31-14-22(19)28/h3-6,11-15H,7-10H2,1-2H3,(H2,30,33). The van der Waals surface area contributed by atoms with Gasteiger partial charge in [-0.3, -0.25) is 9.88 Å². The SMILES string of the molecule is CC(C)N1CCN(c2ccc(-c3nc(-c4cc(F)c5cncc(F)c5c4)c(N)nc3F)cc2)CC1. The highest BCUT2D eigenvalue weighted by atomic mass is 19.1. The average molecular weight is 479 g/mol. The van der Waals surface area contributed by atoms with Crippen LogP contribution in [0, 0.1) is 17.6 Å². The summed E-state index contributed by atoms with van der Waals surface area (Å²) in [7, 11) is 0. The van der Waals surface area contributed by atoms with E-state index in [9.17, 15) is 13.2 Å². The monoisotopic (exact) mass is 478 g/mol. The molecule has 180 valence electrons. The molecule has 35 heavy (non-hydrogen) atoms. The number of fused-ring (bicyclic) bond motifs is 1. The Balaban J connectivity index is 1.47. The molecule has 0 atom stereocenters. The summed E-state index contributed by atoms with van der Waals surface area (Å²) in [6, 6.07) is 10.5. The first-order chi connectivity index (χ1) is 16.8. The molecule has 1 saturated heterocycles. The van der Waals surface area contributed by atoms with E-state index in [1.54, 1.807) is 12.1 Å². The smallest absolute Gasteiger partial charge is 0.241 e. The van der Waals surface area contributed by atoms with Crippen LogP contribution in [0.2, 0.25) is 0 Å². The molecular formula is C26H25F3N6. The molecule has 0 amide bonds. The molecule has 1 aliphatic heterocycles. The van der Waals surface area contributed by atoms with Crippen molar-refractivity contribution in [3.05, 3.63) is 66.4 Å². The molecular weight excluding hydrogens is 453 g/mol. The highest BCUT2D eigenvalue weighted by Gasteiger charge is 2.20. The molecule has 1 fully saturated rings. The molecule has 3 heterocycles. The van der Waals surface area contributed by atoms with E-state index in [0.717, 1.165) is 38.1 Å². The highest BCUT2D eigenvalue weighted by Crippen LogP contribution is 2.32. The Hall–Kier alpha value is -3.72. The summed E-state index contributed by atoms with van der Waals surface area (Å²) in [4.78, 5) is 16.6. The number of nitrogens with zero attached hydrogens (tertiary/aromatic N) is 5. The Bertz CT molecular complexity index is 1380. The number of benzene rings is 2. The van der Waals surface area contributed by atoms with Gasteiger partial charge in [0.1, 0.15) is 23.0 Å². The number of hydrogen-bond acceptors (Lipinski definition) is 6. The number of aromatic nitrogens is 3. The lowest BCUT2D eigenvalue weighted by atomic mass is 10.0. The fourth-order valence-corrected chi connectivity index (χ4v) is 4.48. The summed E-state index contributed by atoms with van der Waals surface area (Å²) in [6.07, 6.45) is 2.24. The van der Waals surface area contributed by atoms with Gasteiger partial charge in [0, 0.05) is 66.0 Å².